The Bertz CT molecular complexity index is 757. The Morgan fingerprint density at radius 3 is 2.12 bits per heavy atom. The van der Waals surface area contributed by atoms with E-state index >= 15 is 0 Å². The number of carbonyl (C=O) groups excluding carboxylic acids is 2. The summed E-state index contributed by atoms with van der Waals surface area (Å²) in [5.41, 5.74) is 2.13. The number of rotatable bonds is 7. The van der Waals surface area contributed by atoms with Crippen molar-refractivity contribution in [3.63, 3.8) is 0 Å². The molecule has 1 aromatic heterocycles. The average Bonchev–Trinajstić information content (AvgIpc) is 2.62. The van der Waals surface area contributed by atoms with Crippen molar-refractivity contribution in [2.45, 2.75) is 0 Å². The molecule has 2 N–H and O–H groups in total. The molecule has 0 unspecified atom stereocenters. The standard InChI is InChI=1S/C19H25N5O2/c1-23(2)13-12-20-18(25)16-6-5-7-17(22-16)19(26)21-14-8-10-15(11-9-14)24(3)4/h5-11H,12-13H2,1-4H3,(H,20,25)(H,21,26). The number of nitrogens with one attached hydrogen (secondary N) is 2. The first-order valence-corrected chi connectivity index (χ1v) is 8.35. The molecule has 2 rings (SSSR count). The summed E-state index contributed by atoms with van der Waals surface area (Å²) in [6, 6.07) is 12.3. The number of aromatic nitrogens is 1. The molecule has 7 heteroatoms. The minimum Gasteiger partial charge on any atom is -0.378 e. The predicted molar refractivity (Wildman–Crippen MR) is 104 cm³/mol. The second-order valence-electron chi connectivity index (χ2n) is 6.36. The summed E-state index contributed by atoms with van der Waals surface area (Å²) in [5, 5.41) is 5.57. The zero-order valence-electron chi connectivity index (χ0n) is 15.6. The van der Waals surface area contributed by atoms with Crippen LogP contribution in [0.3, 0.4) is 0 Å². The van der Waals surface area contributed by atoms with E-state index in [-0.39, 0.29) is 23.2 Å². The molecular weight excluding hydrogens is 330 g/mol. The normalized spacial score (nSPS) is 10.5. The molecule has 0 radical (unpaired) electrons. The molecule has 0 atom stereocenters. The number of likely N-dealkylation sites (N-methyl/N-ethyl adjacent to an activating group) is 1. The van der Waals surface area contributed by atoms with Crippen molar-refractivity contribution < 1.29 is 9.59 Å². The zero-order chi connectivity index (χ0) is 19.1. The molecule has 0 spiro atoms. The Labute approximate surface area is 154 Å². The van der Waals surface area contributed by atoms with Gasteiger partial charge in [0.15, 0.2) is 0 Å². The molecule has 0 fully saturated rings. The van der Waals surface area contributed by atoms with E-state index in [9.17, 15) is 9.59 Å². The zero-order valence-corrected chi connectivity index (χ0v) is 15.6. The van der Waals surface area contributed by atoms with Gasteiger partial charge in [-0.2, -0.15) is 0 Å². The van der Waals surface area contributed by atoms with Crippen molar-refractivity contribution in [3.8, 4) is 0 Å². The lowest BCUT2D eigenvalue weighted by Crippen LogP contribution is -2.32. The minimum atomic E-state index is -0.356. The lowest BCUT2D eigenvalue weighted by Gasteiger charge is -2.13. The largest absolute Gasteiger partial charge is 0.378 e. The Hall–Kier alpha value is -2.93. The fraction of sp³-hybridized carbons (Fsp3) is 0.316. The van der Waals surface area contributed by atoms with Gasteiger partial charge in [0.1, 0.15) is 11.4 Å². The lowest BCUT2D eigenvalue weighted by atomic mass is 10.2. The summed E-state index contributed by atoms with van der Waals surface area (Å²) < 4.78 is 0. The fourth-order valence-electron chi connectivity index (χ4n) is 2.21. The molecule has 1 aromatic carbocycles. The van der Waals surface area contributed by atoms with Crippen molar-refractivity contribution >= 4 is 23.2 Å². The second-order valence-corrected chi connectivity index (χ2v) is 6.36. The molecule has 0 saturated carbocycles. The Balaban J connectivity index is 2.01. The molecule has 26 heavy (non-hydrogen) atoms. The topological polar surface area (TPSA) is 77.6 Å². The summed E-state index contributed by atoms with van der Waals surface area (Å²) >= 11 is 0. The highest BCUT2D eigenvalue weighted by Crippen LogP contribution is 2.16. The van der Waals surface area contributed by atoms with E-state index in [0.717, 1.165) is 12.2 Å². The minimum absolute atomic E-state index is 0.196. The van der Waals surface area contributed by atoms with Crippen molar-refractivity contribution in [3.05, 3.63) is 53.9 Å². The third kappa shape index (κ3) is 5.56. The number of amides is 2. The van der Waals surface area contributed by atoms with Crippen LogP contribution in [0.5, 0.6) is 0 Å². The Morgan fingerprint density at radius 1 is 0.923 bits per heavy atom. The van der Waals surface area contributed by atoms with Gasteiger partial charge in [-0.1, -0.05) is 6.07 Å². The van der Waals surface area contributed by atoms with Gasteiger partial charge in [0.2, 0.25) is 0 Å². The average molecular weight is 355 g/mol. The summed E-state index contributed by atoms with van der Waals surface area (Å²) in [5.74, 6) is -0.651. The highest BCUT2D eigenvalue weighted by atomic mass is 16.2. The van der Waals surface area contributed by atoms with E-state index in [2.05, 4.69) is 15.6 Å². The first-order chi connectivity index (χ1) is 12.4. The van der Waals surface area contributed by atoms with E-state index in [4.69, 9.17) is 0 Å². The molecular formula is C19H25N5O2. The quantitative estimate of drug-likeness (QED) is 0.790. The van der Waals surface area contributed by atoms with Crippen molar-refractivity contribution in [2.24, 2.45) is 0 Å². The maximum absolute atomic E-state index is 12.4. The van der Waals surface area contributed by atoms with Gasteiger partial charge in [-0.3, -0.25) is 9.59 Å². The monoisotopic (exact) mass is 355 g/mol. The summed E-state index contributed by atoms with van der Waals surface area (Å²) in [6.45, 7) is 1.25. The smallest absolute Gasteiger partial charge is 0.274 e. The number of hydrogen-bond donors (Lipinski definition) is 2. The van der Waals surface area contributed by atoms with Gasteiger partial charge in [-0.25, -0.2) is 4.98 Å². The van der Waals surface area contributed by atoms with E-state index in [0.29, 0.717) is 12.2 Å². The molecule has 0 bridgehead atoms. The van der Waals surface area contributed by atoms with Crippen LogP contribution in [0.25, 0.3) is 0 Å². The maximum atomic E-state index is 12.4. The molecule has 0 aliphatic rings. The molecule has 0 aliphatic heterocycles. The predicted octanol–water partition coefficient (Wildman–Crippen LogP) is 1.69. The van der Waals surface area contributed by atoms with Crippen LogP contribution in [-0.4, -0.2) is 63.0 Å². The molecule has 0 aliphatic carbocycles. The first kappa shape index (κ1) is 19.4. The highest BCUT2D eigenvalue weighted by molar-refractivity contribution is 6.03. The molecule has 2 amide bonds. The number of nitrogens with zero attached hydrogens (tertiary/aromatic N) is 3. The van der Waals surface area contributed by atoms with Gasteiger partial charge in [0, 0.05) is 38.6 Å². The van der Waals surface area contributed by atoms with Gasteiger partial charge < -0.3 is 20.4 Å². The van der Waals surface area contributed by atoms with E-state index in [1.54, 1.807) is 18.2 Å². The first-order valence-electron chi connectivity index (χ1n) is 8.35. The van der Waals surface area contributed by atoms with Crippen molar-refractivity contribution in [1.29, 1.82) is 0 Å². The Morgan fingerprint density at radius 2 is 1.54 bits per heavy atom. The molecule has 7 nitrogen and oxygen atoms in total. The van der Waals surface area contributed by atoms with Crippen LogP contribution in [-0.2, 0) is 0 Å². The Kier molecular flexibility index (Phi) is 6.68. The fourth-order valence-corrected chi connectivity index (χ4v) is 2.21. The summed E-state index contributed by atoms with van der Waals surface area (Å²) in [6.07, 6.45) is 0. The van der Waals surface area contributed by atoms with E-state index < -0.39 is 0 Å². The lowest BCUT2D eigenvalue weighted by molar-refractivity contribution is 0.0946. The number of hydrogen-bond acceptors (Lipinski definition) is 5. The van der Waals surface area contributed by atoms with Crippen molar-refractivity contribution in [1.82, 2.24) is 15.2 Å². The van der Waals surface area contributed by atoms with Crippen LogP contribution >= 0.6 is 0 Å². The van der Waals surface area contributed by atoms with Crippen LogP contribution in [0.15, 0.2) is 42.5 Å². The number of benzene rings is 1. The second kappa shape index (κ2) is 8.96. The maximum Gasteiger partial charge on any atom is 0.274 e. The van der Waals surface area contributed by atoms with Crippen LogP contribution in [0.1, 0.15) is 21.0 Å². The number of pyridine rings is 1. The molecule has 2 aromatic rings. The number of carbonyl (C=O) groups is 2. The van der Waals surface area contributed by atoms with Gasteiger partial charge >= 0.3 is 0 Å². The summed E-state index contributed by atoms with van der Waals surface area (Å²) in [4.78, 5) is 32.6. The van der Waals surface area contributed by atoms with Crippen LogP contribution in [0, 0.1) is 0 Å². The van der Waals surface area contributed by atoms with E-state index in [1.807, 2.05) is 62.3 Å². The molecule has 1 heterocycles. The number of anilines is 2. The summed E-state index contributed by atoms with van der Waals surface area (Å²) in [7, 11) is 7.76. The molecule has 0 saturated heterocycles. The van der Waals surface area contributed by atoms with Gasteiger partial charge in [0.25, 0.3) is 11.8 Å². The molecule has 138 valence electrons. The van der Waals surface area contributed by atoms with Crippen molar-refractivity contribution in [2.75, 3.05) is 51.5 Å². The third-order valence-corrected chi connectivity index (χ3v) is 3.70. The van der Waals surface area contributed by atoms with Gasteiger partial charge in [-0.05, 0) is 50.5 Å². The van der Waals surface area contributed by atoms with E-state index in [1.165, 1.54) is 0 Å². The van der Waals surface area contributed by atoms with Gasteiger partial charge in [0.05, 0.1) is 0 Å². The van der Waals surface area contributed by atoms with Crippen LogP contribution < -0.4 is 15.5 Å². The third-order valence-electron chi connectivity index (χ3n) is 3.70. The highest BCUT2D eigenvalue weighted by Gasteiger charge is 2.12. The SMILES string of the molecule is CN(C)CCNC(=O)c1cccc(C(=O)Nc2ccc(N(C)C)cc2)n1. The van der Waals surface area contributed by atoms with Crippen LogP contribution in [0.2, 0.25) is 0 Å². The van der Waals surface area contributed by atoms with Gasteiger partial charge in [-0.15, -0.1) is 0 Å². The van der Waals surface area contributed by atoms with Crippen LogP contribution in [0.4, 0.5) is 11.4 Å².